The van der Waals surface area contributed by atoms with Crippen LogP contribution in [0.5, 0.6) is 0 Å². The van der Waals surface area contributed by atoms with Gasteiger partial charge in [-0.15, -0.1) is 0 Å². The molecule has 0 radical (unpaired) electrons. The smallest absolute Gasteiger partial charge is 0.238 e. The van der Waals surface area contributed by atoms with Gasteiger partial charge in [-0.3, -0.25) is 14.9 Å². The van der Waals surface area contributed by atoms with Crippen molar-refractivity contribution in [2.75, 3.05) is 5.32 Å². The highest BCUT2D eigenvalue weighted by atomic mass is 127. The molecule has 3 fully saturated rings. The Bertz CT molecular complexity index is 1380. The first-order valence-electron chi connectivity index (χ1n) is 14.5. The first-order chi connectivity index (χ1) is 19.1. The van der Waals surface area contributed by atoms with Gasteiger partial charge in [0.2, 0.25) is 11.8 Å². The number of nitrogens with zero attached hydrogens (tertiary/aromatic N) is 1. The number of rotatable bonds is 3. The Balaban J connectivity index is 1.52. The Labute approximate surface area is 249 Å². The monoisotopic (exact) mass is 652 g/mol. The maximum absolute atomic E-state index is 14.6. The Hall–Kier alpha value is -2.48. The topological polar surface area (TPSA) is 114 Å². The van der Waals surface area contributed by atoms with Gasteiger partial charge in [0.15, 0.2) is 0 Å². The summed E-state index contributed by atoms with van der Waals surface area (Å²) in [6.45, 7) is 4.56. The molecule has 2 heterocycles. The molecule has 210 valence electrons. The molecule has 2 aromatic carbocycles. The van der Waals surface area contributed by atoms with Crippen molar-refractivity contribution in [1.82, 2.24) is 10.6 Å². The maximum Gasteiger partial charge on any atom is 0.238 e. The minimum atomic E-state index is -1.01. The lowest BCUT2D eigenvalue weighted by atomic mass is 9.53. The van der Waals surface area contributed by atoms with Crippen LogP contribution in [0, 0.1) is 20.3 Å². The molecule has 0 aromatic heterocycles. The van der Waals surface area contributed by atoms with E-state index in [1.54, 1.807) is 12.1 Å². The highest BCUT2D eigenvalue weighted by Gasteiger charge is 2.72. The second-order valence-electron chi connectivity index (χ2n) is 13.0. The number of benzene rings is 2. The van der Waals surface area contributed by atoms with Gasteiger partial charge in [0.1, 0.15) is 5.41 Å². The zero-order valence-electron chi connectivity index (χ0n) is 23.1. The predicted molar refractivity (Wildman–Crippen MR) is 162 cm³/mol. The second kappa shape index (κ2) is 10.1. The van der Waals surface area contributed by atoms with Crippen molar-refractivity contribution in [1.29, 1.82) is 5.26 Å². The van der Waals surface area contributed by atoms with E-state index >= 15 is 0 Å². The summed E-state index contributed by atoms with van der Waals surface area (Å²) >= 11 is 2.30. The third kappa shape index (κ3) is 4.36. The largest absolute Gasteiger partial charge is 0.393 e. The SMILES string of the molecule is CC1(C)CCC2(CC1)N[C@@H](C(=O)N[C@H]1CC[C@H](O)CC1)[C@H](c1cccc(I)c1)[C@]21C(=O)Nc2cc(C#N)ccc21. The Morgan fingerprint density at radius 3 is 2.48 bits per heavy atom. The molecule has 2 aliphatic carbocycles. The Morgan fingerprint density at radius 2 is 1.80 bits per heavy atom. The third-order valence-electron chi connectivity index (χ3n) is 10.2. The van der Waals surface area contributed by atoms with E-state index < -0.39 is 22.9 Å². The number of halogens is 1. The van der Waals surface area contributed by atoms with Crippen LogP contribution >= 0.6 is 22.6 Å². The summed E-state index contributed by atoms with van der Waals surface area (Å²) in [4.78, 5) is 28.8. The van der Waals surface area contributed by atoms with Crippen molar-refractivity contribution in [3.63, 3.8) is 0 Å². The number of aliphatic hydroxyl groups is 1. The summed E-state index contributed by atoms with van der Waals surface area (Å²) < 4.78 is 1.05. The highest BCUT2D eigenvalue weighted by Crippen LogP contribution is 2.63. The Kier molecular flexibility index (Phi) is 6.99. The van der Waals surface area contributed by atoms with E-state index in [1.165, 1.54) is 0 Å². The normalized spacial score (nSPS) is 31.9. The summed E-state index contributed by atoms with van der Waals surface area (Å²) in [5.41, 5.74) is 1.53. The van der Waals surface area contributed by atoms with Gasteiger partial charge in [-0.1, -0.05) is 32.0 Å². The van der Waals surface area contributed by atoms with E-state index in [9.17, 15) is 20.0 Å². The molecule has 0 unspecified atom stereocenters. The van der Waals surface area contributed by atoms with Crippen LogP contribution in [0.15, 0.2) is 42.5 Å². The predicted octanol–water partition coefficient (Wildman–Crippen LogP) is 4.87. The van der Waals surface area contributed by atoms with E-state index in [0.29, 0.717) is 24.1 Å². The van der Waals surface area contributed by atoms with Gasteiger partial charge in [-0.25, -0.2) is 0 Å². The summed E-state index contributed by atoms with van der Waals surface area (Å²) in [6, 6.07) is 15.3. The van der Waals surface area contributed by atoms with Crippen LogP contribution in [0.25, 0.3) is 0 Å². The average molecular weight is 653 g/mol. The molecule has 3 atom stereocenters. The van der Waals surface area contributed by atoms with Gasteiger partial charge in [0.25, 0.3) is 0 Å². The van der Waals surface area contributed by atoms with Crippen molar-refractivity contribution >= 4 is 40.1 Å². The molecule has 0 bridgehead atoms. The van der Waals surface area contributed by atoms with E-state index in [1.807, 2.05) is 24.3 Å². The molecule has 6 rings (SSSR count). The average Bonchev–Trinajstić information content (AvgIpc) is 3.39. The van der Waals surface area contributed by atoms with Crippen molar-refractivity contribution < 1.29 is 14.7 Å². The number of carbonyl (C=O) groups excluding carboxylic acids is 2. The van der Waals surface area contributed by atoms with Crippen molar-refractivity contribution in [3.05, 3.63) is 62.7 Å². The number of aliphatic hydroxyl groups excluding tert-OH is 1. The lowest BCUT2D eigenvalue weighted by molar-refractivity contribution is -0.125. The summed E-state index contributed by atoms with van der Waals surface area (Å²) in [7, 11) is 0. The number of anilines is 1. The molecule has 7 nitrogen and oxygen atoms in total. The van der Waals surface area contributed by atoms with E-state index in [0.717, 1.165) is 53.2 Å². The first-order valence-corrected chi connectivity index (χ1v) is 15.5. The molecule has 40 heavy (non-hydrogen) atoms. The van der Waals surface area contributed by atoms with Crippen LogP contribution in [0.4, 0.5) is 5.69 Å². The van der Waals surface area contributed by atoms with Crippen molar-refractivity contribution in [2.45, 2.75) is 100 Å². The zero-order chi connectivity index (χ0) is 28.3. The Morgan fingerprint density at radius 1 is 1.07 bits per heavy atom. The molecule has 2 amide bonds. The third-order valence-corrected chi connectivity index (χ3v) is 10.8. The van der Waals surface area contributed by atoms with E-state index in [2.05, 4.69) is 64.5 Å². The highest BCUT2D eigenvalue weighted by molar-refractivity contribution is 14.1. The number of carbonyl (C=O) groups is 2. The summed E-state index contributed by atoms with van der Waals surface area (Å²) in [5, 5.41) is 29.9. The fourth-order valence-electron chi connectivity index (χ4n) is 7.99. The summed E-state index contributed by atoms with van der Waals surface area (Å²) in [6.07, 6.45) is 5.98. The lowest BCUT2D eigenvalue weighted by Gasteiger charge is -2.50. The zero-order valence-corrected chi connectivity index (χ0v) is 25.3. The minimum Gasteiger partial charge on any atom is -0.393 e. The number of nitrogens with one attached hydrogen (secondary N) is 3. The van der Waals surface area contributed by atoms with Crippen LogP contribution in [0.1, 0.15) is 87.8 Å². The molecule has 2 spiro atoms. The standard InChI is InChI=1S/C32H37IN4O3/c1-30(2)12-14-31(15-13-30)32(24-11-6-19(18-34)16-25(24)36-29(32)40)26(20-4-3-5-21(33)17-20)27(37-31)28(39)35-22-7-9-23(38)10-8-22/h3-6,11,16-17,22-23,26-27,37-38H,7-10,12-15H2,1-2H3,(H,35,39)(H,36,40)/t22-,23-,26-,27+,32+/m0/s1. The van der Waals surface area contributed by atoms with Crippen LogP contribution in [-0.2, 0) is 15.0 Å². The molecule has 2 aromatic rings. The van der Waals surface area contributed by atoms with E-state index in [-0.39, 0.29) is 29.4 Å². The van der Waals surface area contributed by atoms with Gasteiger partial charge in [0, 0.05) is 26.8 Å². The molecular weight excluding hydrogens is 615 g/mol. The molecular formula is C32H37IN4O3. The van der Waals surface area contributed by atoms with Gasteiger partial charge >= 0.3 is 0 Å². The van der Waals surface area contributed by atoms with Gasteiger partial charge in [0.05, 0.1) is 23.8 Å². The number of hydrogen-bond donors (Lipinski definition) is 4. The molecule has 4 N–H and O–H groups in total. The quantitative estimate of drug-likeness (QED) is 0.354. The minimum absolute atomic E-state index is 0.00919. The molecule has 2 saturated carbocycles. The maximum atomic E-state index is 14.6. The fourth-order valence-corrected chi connectivity index (χ4v) is 8.56. The van der Waals surface area contributed by atoms with Crippen LogP contribution in [0.2, 0.25) is 0 Å². The first kappa shape index (κ1) is 27.7. The number of fused-ring (bicyclic) bond motifs is 3. The number of hydrogen-bond acceptors (Lipinski definition) is 5. The lowest BCUT2D eigenvalue weighted by Crippen LogP contribution is -2.61. The molecule has 2 aliphatic heterocycles. The fraction of sp³-hybridized carbons (Fsp3) is 0.531. The van der Waals surface area contributed by atoms with Crippen LogP contribution < -0.4 is 16.0 Å². The van der Waals surface area contributed by atoms with Crippen molar-refractivity contribution in [2.24, 2.45) is 5.41 Å². The van der Waals surface area contributed by atoms with Gasteiger partial charge in [-0.05, 0) is 115 Å². The number of amides is 2. The number of nitriles is 1. The van der Waals surface area contributed by atoms with Crippen LogP contribution in [0.3, 0.4) is 0 Å². The van der Waals surface area contributed by atoms with Crippen LogP contribution in [-0.4, -0.2) is 40.6 Å². The second-order valence-corrected chi connectivity index (χ2v) is 14.3. The molecule has 4 aliphatic rings. The van der Waals surface area contributed by atoms with Gasteiger partial charge < -0.3 is 15.7 Å². The summed E-state index contributed by atoms with van der Waals surface area (Å²) in [5.74, 6) is -0.613. The molecule has 1 saturated heterocycles. The van der Waals surface area contributed by atoms with Crippen molar-refractivity contribution in [3.8, 4) is 6.07 Å². The molecule has 8 heteroatoms. The van der Waals surface area contributed by atoms with E-state index in [4.69, 9.17) is 0 Å². The van der Waals surface area contributed by atoms with Gasteiger partial charge in [-0.2, -0.15) is 5.26 Å².